The lowest BCUT2D eigenvalue weighted by atomic mass is 9.86. The number of aromatic hydroxyl groups is 2. The van der Waals surface area contributed by atoms with E-state index in [2.05, 4.69) is 205 Å². The number of rotatable bonds is 26. The lowest BCUT2D eigenvalue weighted by Crippen LogP contribution is -2.11. The molecule has 0 aliphatic heterocycles. The predicted octanol–water partition coefficient (Wildman–Crippen LogP) is 24.2. The summed E-state index contributed by atoms with van der Waals surface area (Å²) in [5.74, 6) is 2.04. The van der Waals surface area contributed by atoms with Crippen molar-refractivity contribution in [1.82, 2.24) is 9.13 Å². The molecule has 0 saturated heterocycles. The van der Waals surface area contributed by atoms with Crippen molar-refractivity contribution in [1.29, 1.82) is 0 Å². The zero-order valence-corrected chi connectivity index (χ0v) is 60.4. The number of phenolic OH excluding ortho intramolecular Hbond substituents is 2. The Balaban J connectivity index is 1.02. The van der Waals surface area contributed by atoms with Crippen molar-refractivity contribution in [3.8, 4) is 68.1 Å². The summed E-state index contributed by atoms with van der Waals surface area (Å²) < 4.78 is 47.9. The molecular weight excluding hydrogens is 1180 g/mol. The standard InChI is InChI=1S/C86H107FN2O6/c1-18-20-22-24-26-28-39-92-63-51-69(79(90)77(53-63)88-73-46-58(83(6,7)8)31-35-65(73)66-36-32-59(47-74(66)88)84(9,10)11)71-44-55(3)43-56(4)81(71)94-41-30-42-95-82-57(5)45-62(87)50-72(82)70-52-64(93-40-29-27-25-23-21-19-2)54-78(80(70)91)89-75-48-60(85(12,13)14)33-37-67(75)68-38-34-61(49-76(68)89)86(15,16)17/h31-38,43-54,90-91H,18-30,39-42H2,1-17H3. The van der Waals surface area contributed by atoms with Gasteiger partial charge in [0.25, 0.3) is 0 Å². The zero-order valence-electron chi connectivity index (χ0n) is 60.4. The number of hydrogen-bond acceptors (Lipinski definition) is 6. The summed E-state index contributed by atoms with van der Waals surface area (Å²) >= 11 is 0. The van der Waals surface area contributed by atoms with Crippen LogP contribution in [0, 0.1) is 26.6 Å². The first-order valence-electron chi connectivity index (χ1n) is 35.4. The van der Waals surface area contributed by atoms with Crippen molar-refractivity contribution in [2.45, 2.75) is 223 Å². The number of aryl methyl sites for hydroxylation is 3. The molecule has 0 aliphatic rings. The number of fused-ring (bicyclic) bond motifs is 6. The maximum atomic E-state index is 16.2. The van der Waals surface area contributed by atoms with Crippen molar-refractivity contribution in [2.75, 3.05) is 26.4 Å². The number of benzene rings is 8. The third-order valence-corrected chi connectivity index (χ3v) is 19.2. The van der Waals surface area contributed by atoms with Gasteiger partial charge in [-0.2, -0.15) is 0 Å². The highest BCUT2D eigenvalue weighted by atomic mass is 19.1. The van der Waals surface area contributed by atoms with Crippen LogP contribution in [0.4, 0.5) is 4.39 Å². The van der Waals surface area contributed by atoms with E-state index >= 15 is 4.39 Å². The highest BCUT2D eigenvalue weighted by molar-refractivity contribution is 6.11. The average Bonchev–Trinajstić information content (AvgIpc) is 1.59. The molecule has 8 nitrogen and oxygen atoms in total. The number of unbranched alkanes of at least 4 members (excludes halogenated alkanes) is 10. The summed E-state index contributed by atoms with van der Waals surface area (Å²) in [6.45, 7) is 38.8. The molecule has 0 atom stereocenters. The quantitative estimate of drug-likeness (QED) is 0.0525. The molecule has 10 rings (SSSR count). The summed E-state index contributed by atoms with van der Waals surface area (Å²) in [6.07, 6.45) is 14.0. The highest BCUT2D eigenvalue weighted by Gasteiger charge is 2.29. The van der Waals surface area contributed by atoms with Crippen LogP contribution >= 0.6 is 0 Å². The van der Waals surface area contributed by atoms with Crippen LogP contribution in [0.1, 0.15) is 219 Å². The Hall–Kier alpha value is -7.91. The van der Waals surface area contributed by atoms with Gasteiger partial charge in [0, 0.05) is 62.4 Å². The molecule has 0 saturated carbocycles. The van der Waals surface area contributed by atoms with Gasteiger partial charge >= 0.3 is 0 Å². The summed E-state index contributed by atoms with van der Waals surface area (Å²) in [5.41, 5.74) is 14.0. The lowest BCUT2D eigenvalue weighted by Gasteiger charge is -2.22. The molecule has 95 heavy (non-hydrogen) atoms. The van der Waals surface area contributed by atoms with Gasteiger partial charge in [-0.15, -0.1) is 0 Å². The maximum absolute atomic E-state index is 16.2. The smallest absolute Gasteiger partial charge is 0.147 e. The van der Waals surface area contributed by atoms with Gasteiger partial charge in [-0.1, -0.05) is 216 Å². The monoisotopic (exact) mass is 1280 g/mol. The van der Waals surface area contributed by atoms with Gasteiger partial charge < -0.3 is 38.3 Å². The molecule has 2 heterocycles. The Bertz CT molecular complexity index is 3960. The Morgan fingerprint density at radius 3 is 1.03 bits per heavy atom. The molecule has 0 fully saturated rings. The molecule has 0 unspecified atom stereocenters. The summed E-state index contributed by atoms with van der Waals surface area (Å²) in [5, 5.41) is 30.6. The normalized spacial score (nSPS) is 12.5. The molecule has 0 spiro atoms. The number of ether oxygens (including phenoxy) is 4. The Kier molecular flexibility index (Phi) is 21.2. The van der Waals surface area contributed by atoms with Crippen LogP contribution in [0.2, 0.25) is 0 Å². The molecule has 0 aliphatic carbocycles. The molecule has 8 aromatic carbocycles. The van der Waals surface area contributed by atoms with Gasteiger partial charge in [0.1, 0.15) is 40.3 Å². The average molecular weight is 1280 g/mol. The van der Waals surface area contributed by atoms with Gasteiger partial charge in [0.15, 0.2) is 0 Å². The van der Waals surface area contributed by atoms with Crippen molar-refractivity contribution < 1.29 is 33.6 Å². The van der Waals surface area contributed by atoms with E-state index in [1.54, 1.807) is 0 Å². The van der Waals surface area contributed by atoms with Crippen LogP contribution in [0.25, 0.3) is 77.2 Å². The van der Waals surface area contributed by atoms with E-state index in [4.69, 9.17) is 18.9 Å². The van der Waals surface area contributed by atoms with Crippen molar-refractivity contribution in [3.63, 3.8) is 0 Å². The van der Waals surface area contributed by atoms with E-state index in [-0.39, 0.29) is 46.4 Å². The number of nitrogens with zero attached hydrogens (tertiary/aromatic N) is 2. The number of aromatic nitrogens is 2. The largest absolute Gasteiger partial charge is 0.505 e. The van der Waals surface area contributed by atoms with E-state index in [1.807, 2.05) is 31.2 Å². The minimum atomic E-state index is -0.442. The number of halogens is 1. The molecule has 504 valence electrons. The minimum absolute atomic E-state index is 0.00986. The first kappa shape index (κ1) is 69.9. The minimum Gasteiger partial charge on any atom is -0.505 e. The number of hydrogen-bond donors (Lipinski definition) is 2. The molecule has 0 radical (unpaired) electrons. The van der Waals surface area contributed by atoms with Crippen molar-refractivity contribution in [3.05, 3.63) is 166 Å². The molecule has 0 bridgehead atoms. The fourth-order valence-electron chi connectivity index (χ4n) is 13.5. The maximum Gasteiger partial charge on any atom is 0.147 e. The molecule has 2 aromatic heterocycles. The molecular formula is C86H107FN2O6. The Morgan fingerprint density at radius 2 is 0.674 bits per heavy atom. The summed E-state index contributed by atoms with van der Waals surface area (Å²) in [6, 6.07) is 41.8. The van der Waals surface area contributed by atoms with E-state index in [0.717, 1.165) is 92.4 Å². The molecule has 2 N–H and O–H groups in total. The fraction of sp³-hybridized carbons (Fsp3) is 0.442. The SMILES string of the molecule is CCCCCCCCOc1cc(-c2cc(C)cc(C)c2OCCCOc2c(C)cc(F)cc2-c2cc(OCCCCCCCC)cc(-n3c4cc(C(C)(C)C)ccc4c4ccc(C(C)(C)C)cc43)c2O)c(O)c(-n2c3cc(C(C)(C)C)ccc3c3ccc(C(C)(C)C)cc32)c1. The van der Waals surface area contributed by atoms with Crippen LogP contribution in [-0.2, 0) is 21.7 Å². The van der Waals surface area contributed by atoms with Crippen LogP contribution < -0.4 is 18.9 Å². The lowest BCUT2D eigenvalue weighted by molar-refractivity contribution is 0.246. The third-order valence-electron chi connectivity index (χ3n) is 19.2. The van der Waals surface area contributed by atoms with Crippen molar-refractivity contribution in [2.24, 2.45) is 0 Å². The van der Waals surface area contributed by atoms with Crippen LogP contribution in [0.5, 0.6) is 34.5 Å². The van der Waals surface area contributed by atoms with Crippen LogP contribution in [-0.4, -0.2) is 45.8 Å². The zero-order chi connectivity index (χ0) is 68.3. The van der Waals surface area contributed by atoms with E-state index in [9.17, 15) is 10.2 Å². The van der Waals surface area contributed by atoms with Gasteiger partial charge in [-0.05, 0) is 149 Å². The number of phenols is 2. The fourth-order valence-corrected chi connectivity index (χ4v) is 13.5. The van der Waals surface area contributed by atoms with Crippen LogP contribution in [0.3, 0.4) is 0 Å². The molecule has 9 heteroatoms. The van der Waals surface area contributed by atoms with E-state index < -0.39 is 5.82 Å². The van der Waals surface area contributed by atoms with E-state index in [0.29, 0.717) is 76.3 Å². The summed E-state index contributed by atoms with van der Waals surface area (Å²) in [4.78, 5) is 0. The topological polar surface area (TPSA) is 87.2 Å². The van der Waals surface area contributed by atoms with Gasteiger partial charge in [0.2, 0.25) is 0 Å². The first-order chi connectivity index (χ1) is 45.1. The molecule has 0 amide bonds. The second-order valence-electron chi connectivity index (χ2n) is 31.1. The van der Waals surface area contributed by atoms with Crippen LogP contribution in [0.15, 0.2) is 121 Å². The second-order valence-corrected chi connectivity index (χ2v) is 31.1. The van der Waals surface area contributed by atoms with E-state index in [1.165, 1.54) is 79.3 Å². The van der Waals surface area contributed by atoms with Crippen molar-refractivity contribution >= 4 is 43.6 Å². The summed E-state index contributed by atoms with van der Waals surface area (Å²) in [7, 11) is 0. The van der Waals surface area contributed by atoms with Gasteiger partial charge in [0.05, 0.1) is 59.9 Å². The predicted molar refractivity (Wildman–Crippen MR) is 398 cm³/mol. The van der Waals surface area contributed by atoms with Gasteiger partial charge in [-0.25, -0.2) is 4.39 Å². The first-order valence-corrected chi connectivity index (χ1v) is 35.4. The van der Waals surface area contributed by atoms with Gasteiger partial charge in [-0.3, -0.25) is 0 Å². The molecule has 10 aromatic rings. The Morgan fingerprint density at radius 1 is 0.347 bits per heavy atom. The second kappa shape index (κ2) is 28.8. The highest BCUT2D eigenvalue weighted by Crippen LogP contribution is 2.50. The Labute approximate surface area is 566 Å². The third kappa shape index (κ3) is 15.5.